The number of aromatic amines is 1. The maximum absolute atomic E-state index is 13.0. The molecule has 7 nitrogen and oxygen atoms in total. The Kier molecular flexibility index (Phi) is 7.61. The van der Waals surface area contributed by atoms with E-state index in [9.17, 15) is 14.4 Å². The van der Waals surface area contributed by atoms with Crippen LogP contribution in [0.1, 0.15) is 45.6 Å². The molecule has 0 aliphatic carbocycles. The van der Waals surface area contributed by atoms with E-state index in [1.807, 2.05) is 51.1 Å². The standard InChI is InChI=1S/C21H30N4O3/c1-4-5-13-24(17(26)12-11-16-9-7-6-8-10-16)18-19(22)25(14-15(2)3)21(28)23-20(18)27/h6-10,15H,4-5,11-14,22H2,1-3H3,(H,23,27,28). The highest BCUT2D eigenvalue weighted by Gasteiger charge is 2.23. The van der Waals surface area contributed by atoms with Gasteiger partial charge in [-0.3, -0.25) is 19.1 Å². The van der Waals surface area contributed by atoms with Crippen molar-refractivity contribution in [3.05, 3.63) is 56.7 Å². The second kappa shape index (κ2) is 9.92. The fraction of sp³-hybridized carbons (Fsp3) is 0.476. The van der Waals surface area contributed by atoms with E-state index < -0.39 is 11.2 Å². The summed E-state index contributed by atoms with van der Waals surface area (Å²) in [5.41, 5.74) is 6.16. The Morgan fingerprint density at radius 1 is 1.21 bits per heavy atom. The molecule has 1 heterocycles. The molecular formula is C21H30N4O3. The first-order valence-corrected chi connectivity index (χ1v) is 9.82. The van der Waals surface area contributed by atoms with Crippen LogP contribution in [0.5, 0.6) is 0 Å². The lowest BCUT2D eigenvalue weighted by molar-refractivity contribution is -0.118. The molecule has 28 heavy (non-hydrogen) atoms. The predicted octanol–water partition coefficient (Wildman–Crippen LogP) is 2.54. The van der Waals surface area contributed by atoms with E-state index in [0.29, 0.717) is 19.5 Å². The average Bonchev–Trinajstić information content (AvgIpc) is 2.66. The number of H-pyrrole nitrogens is 1. The molecule has 152 valence electrons. The van der Waals surface area contributed by atoms with Crippen LogP contribution in [0.15, 0.2) is 39.9 Å². The minimum Gasteiger partial charge on any atom is -0.383 e. The third-order valence-electron chi connectivity index (χ3n) is 4.54. The molecule has 0 saturated heterocycles. The number of nitrogens with two attached hydrogens (primary N) is 1. The number of anilines is 2. The molecular weight excluding hydrogens is 356 g/mol. The lowest BCUT2D eigenvalue weighted by atomic mass is 10.1. The third kappa shape index (κ3) is 5.34. The van der Waals surface area contributed by atoms with Gasteiger partial charge in [-0.15, -0.1) is 0 Å². The summed E-state index contributed by atoms with van der Waals surface area (Å²) in [5, 5.41) is 0. The second-order valence-corrected chi connectivity index (χ2v) is 7.38. The predicted molar refractivity (Wildman–Crippen MR) is 113 cm³/mol. The largest absolute Gasteiger partial charge is 0.383 e. The van der Waals surface area contributed by atoms with Gasteiger partial charge < -0.3 is 10.6 Å². The molecule has 2 aromatic rings. The van der Waals surface area contributed by atoms with Gasteiger partial charge in [-0.1, -0.05) is 57.5 Å². The van der Waals surface area contributed by atoms with E-state index in [1.54, 1.807) is 0 Å². The Morgan fingerprint density at radius 3 is 2.50 bits per heavy atom. The van der Waals surface area contributed by atoms with Crippen molar-refractivity contribution in [1.82, 2.24) is 9.55 Å². The first kappa shape index (κ1) is 21.5. The Hall–Kier alpha value is -2.83. The van der Waals surface area contributed by atoms with Crippen LogP contribution in [0, 0.1) is 5.92 Å². The smallest absolute Gasteiger partial charge is 0.330 e. The summed E-state index contributed by atoms with van der Waals surface area (Å²) < 4.78 is 1.34. The SMILES string of the molecule is CCCCN(C(=O)CCc1ccccc1)c1c(N)n(CC(C)C)c(=O)[nH]c1=O. The molecule has 0 bridgehead atoms. The van der Waals surface area contributed by atoms with Gasteiger partial charge in [-0.2, -0.15) is 0 Å². The number of carbonyl (C=O) groups is 1. The molecule has 1 aromatic heterocycles. The number of unbranched alkanes of at least 4 members (excludes halogenated alkanes) is 1. The molecule has 0 saturated carbocycles. The molecule has 0 fully saturated rings. The molecule has 0 atom stereocenters. The maximum Gasteiger partial charge on any atom is 0.330 e. The monoisotopic (exact) mass is 386 g/mol. The van der Waals surface area contributed by atoms with E-state index >= 15 is 0 Å². The lowest BCUT2D eigenvalue weighted by Crippen LogP contribution is -2.42. The number of nitrogen functional groups attached to an aromatic ring is 1. The molecule has 0 spiro atoms. The van der Waals surface area contributed by atoms with Crippen molar-refractivity contribution >= 4 is 17.4 Å². The summed E-state index contributed by atoms with van der Waals surface area (Å²) in [5.74, 6) is 0.0347. The lowest BCUT2D eigenvalue weighted by Gasteiger charge is -2.25. The van der Waals surface area contributed by atoms with Gasteiger partial charge in [0.1, 0.15) is 5.82 Å². The molecule has 0 aliphatic heterocycles. The number of rotatable bonds is 9. The number of hydrogen-bond donors (Lipinski definition) is 2. The van der Waals surface area contributed by atoms with Crippen LogP contribution < -0.4 is 21.9 Å². The quantitative estimate of drug-likeness (QED) is 0.691. The van der Waals surface area contributed by atoms with Crippen LogP contribution in [0.2, 0.25) is 0 Å². The van der Waals surface area contributed by atoms with E-state index in [4.69, 9.17) is 5.73 Å². The first-order chi connectivity index (χ1) is 13.3. The summed E-state index contributed by atoms with van der Waals surface area (Å²) in [4.78, 5) is 41.5. The van der Waals surface area contributed by atoms with Gasteiger partial charge in [0.15, 0.2) is 5.69 Å². The van der Waals surface area contributed by atoms with Gasteiger partial charge in [0.05, 0.1) is 0 Å². The van der Waals surface area contributed by atoms with Crippen molar-refractivity contribution in [2.45, 2.75) is 53.0 Å². The van der Waals surface area contributed by atoms with Crippen LogP contribution in [0.3, 0.4) is 0 Å². The van der Waals surface area contributed by atoms with Crippen molar-refractivity contribution in [3.8, 4) is 0 Å². The number of aromatic nitrogens is 2. The highest BCUT2D eigenvalue weighted by Crippen LogP contribution is 2.20. The summed E-state index contributed by atoms with van der Waals surface area (Å²) in [6.07, 6.45) is 2.44. The van der Waals surface area contributed by atoms with Gasteiger partial charge in [-0.25, -0.2) is 4.79 Å². The average molecular weight is 386 g/mol. The Labute approximate surface area is 165 Å². The third-order valence-corrected chi connectivity index (χ3v) is 4.54. The number of hydrogen-bond acceptors (Lipinski definition) is 4. The van der Waals surface area contributed by atoms with Crippen molar-refractivity contribution in [3.63, 3.8) is 0 Å². The summed E-state index contributed by atoms with van der Waals surface area (Å²) in [7, 11) is 0. The number of nitrogens with zero attached hydrogens (tertiary/aromatic N) is 2. The van der Waals surface area contributed by atoms with Crippen LogP contribution >= 0.6 is 0 Å². The molecule has 0 aliphatic rings. The number of benzene rings is 1. The first-order valence-electron chi connectivity index (χ1n) is 9.82. The van der Waals surface area contributed by atoms with Gasteiger partial charge in [-0.05, 0) is 24.3 Å². The minimum absolute atomic E-state index is 0.0478. The number of amides is 1. The van der Waals surface area contributed by atoms with Gasteiger partial charge >= 0.3 is 5.69 Å². The summed E-state index contributed by atoms with van der Waals surface area (Å²) in [6, 6.07) is 9.72. The van der Waals surface area contributed by atoms with E-state index in [2.05, 4.69) is 4.98 Å². The van der Waals surface area contributed by atoms with Gasteiger partial charge in [0.2, 0.25) is 5.91 Å². The number of aryl methyl sites for hydroxylation is 1. The topological polar surface area (TPSA) is 101 Å². The number of carbonyl (C=O) groups excluding carboxylic acids is 1. The van der Waals surface area contributed by atoms with E-state index in [1.165, 1.54) is 9.47 Å². The van der Waals surface area contributed by atoms with Gasteiger partial charge in [0, 0.05) is 19.5 Å². The van der Waals surface area contributed by atoms with Crippen molar-refractivity contribution in [1.29, 1.82) is 0 Å². The molecule has 1 aromatic carbocycles. The second-order valence-electron chi connectivity index (χ2n) is 7.38. The highest BCUT2D eigenvalue weighted by atomic mass is 16.2. The molecule has 7 heteroatoms. The molecule has 1 amide bonds. The number of nitrogens with one attached hydrogen (secondary N) is 1. The zero-order valence-corrected chi connectivity index (χ0v) is 16.9. The Bertz CT molecular complexity index is 900. The van der Waals surface area contributed by atoms with Crippen molar-refractivity contribution in [2.24, 2.45) is 5.92 Å². The van der Waals surface area contributed by atoms with Crippen molar-refractivity contribution < 1.29 is 4.79 Å². The van der Waals surface area contributed by atoms with Crippen LogP contribution in [-0.4, -0.2) is 22.0 Å². The minimum atomic E-state index is -0.619. The van der Waals surface area contributed by atoms with Gasteiger partial charge in [0.25, 0.3) is 5.56 Å². The summed E-state index contributed by atoms with van der Waals surface area (Å²) in [6.45, 7) is 6.68. The van der Waals surface area contributed by atoms with E-state index in [0.717, 1.165) is 18.4 Å². The van der Waals surface area contributed by atoms with E-state index in [-0.39, 0.29) is 29.8 Å². The molecule has 3 N–H and O–H groups in total. The molecule has 2 rings (SSSR count). The maximum atomic E-state index is 13.0. The fourth-order valence-electron chi connectivity index (χ4n) is 3.09. The zero-order valence-electron chi connectivity index (χ0n) is 16.9. The highest BCUT2D eigenvalue weighted by molar-refractivity contribution is 5.95. The van der Waals surface area contributed by atoms with Crippen LogP contribution in [0.25, 0.3) is 0 Å². The zero-order chi connectivity index (χ0) is 20.7. The van der Waals surface area contributed by atoms with Crippen molar-refractivity contribution in [2.75, 3.05) is 17.2 Å². The Balaban J connectivity index is 2.37. The van der Waals surface area contributed by atoms with Crippen LogP contribution in [-0.2, 0) is 17.8 Å². The molecule has 0 radical (unpaired) electrons. The molecule has 0 unspecified atom stereocenters. The normalized spacial score (nSPS) is 11.0. The Morgan fingerprint density at radius 2 is 1.89 bits per heavy atom. The van der Waals surface area contributed by atoms with Crippen LogP contribution in [0.4, 0.5) is 11.5 Å². The fourth-order valence-corrected chi connectivity index (χ4v) is 3.09. The summed E-state index contributed by atoms with van der Waals surface area (Å²) >= 11 is 0.